The zero-order valence-corrected chi connectivity index (χ0v) is 10.8. The van der Waals surface area contributed by atoms with E-state index in [0.717, 1.165) is 25.9 Å². The van der Waals surface area contributed by atoms with Crippen molar-refractivity contribution in [3.8, 4) is 5.75 Å². The van der Waals surface area contributed by atoms with Crippen LogP contribution in [-0.2, 0) is 4.74 Å². The van der Waals surface area contributed by atoms with Crippen LogP contribution in [0.1, 0.15) is 19.3 Å². The number of ether oxygens (including phenoxy) is 2. The molecule has 0 amide bonds. The van der Waals surface area contributed by atoms with Crippen molar-refractivity contribution in [2.75, 3.05) is 6.61 Å². The molecule has 16 heavy (non-hydrogen) atoms. The van der Waals surface area contributed by atoms with Crippen LogP contribution in [0.4, 0.5) is 0 Å². The maximum Gasteiger partial charge on any atom is 0.199 e. The van der Waals surface area contributed by atoms with Gasteiger partial charge in [0, 0.05) is 12.5 Å². The summed E-state index contributed by atoms with van der Waals surface area (Å²) >= 11 is 17.7. The second-order valence-electron chi connectivity index (χ2n) is 3.61. The molecule has 1 atom stereocenters. The van der Waals surface area contributed by atoms with Crippen molar-refractivity contribution in [1.29, 1.82) is 0 Å². The molecule has 1 aliphatic heterocycles. The summed E-state index contributed by atoms with van der Waals surface area (Å²) < 4.78 is 11.1. The fraction of sp³-hybridized carbons (Fsp3) is 0.455. The normalized spacial score (nSPS) is 20.8. The van der Waals surface area contributed by atoms with Gasteiger partial charge in [0.2, 0.25) is 0 Å². The van der Waals surface area contributed by atoms with E-state index in [1.165, 1.54) is 0 Å². The highest BCUT2D eigenvalue weighted by molar-refractivity contribution is 6.43. The molecule has 1 saturated heterocycles. The molecule has 0 spiro atoms. The lowest BCUT2D eigenvalue weighted by Gasteiger charge is -2.24. The van der Waals surface area contributed by atoms with Crippen molar-refractivity contribution in [2.24, 2.45) is 0 Å². The third-order valence-corrected chi connectivity index (χ3v) is 3.39. The van der Waals surface area contributed by atoms with Crippen LogP contribution in [0.25, 0.3) is 0 Å². The van der Waals surface area contributed by atoms with Crippen molar-refractivity contribution >= 4 is 34.8 Å². The lowest BCUT2D eigenvalue weighted by atomic mass is 10.2. The number of hydrogen-bond donors (Lipinski definition) is 0. The Hall–Kier alpha value is -0.150. The van der Waals surface area contributed by atoms with Crippen LogP contribution in [0, 0.1) is 0 Å². The maximum absolute atomic E-state index is 6.00. The summed E-state index contributed by atoms with van der Waals surface area (Å²) in [6.07, 6.45) is 2.82. The topological polar surface area (TPSA) is 18.5 Å². The number of rotatable bonds is 2. The van der Waals surface area contributed by atoms with Gasteiger partial charge in [-0.25, -0.2) is 0 Å². The second kappa shape index (κ2) is 5.46. The Labute approximate surface area is 109 Å². The van der Waals surface area contributed by atoms with Gasteiger partial charge in [0.1, 0.15) is 5.75 Å². The third-order valence-electron chi connectivity index (χ3n) is 2.37. The van der Waals surface area contributed by atoms with Crippen LogP contribution in [-0.4, -0.2) is 12.9 Å². The summed E-state index contributed by atoms with van der Waals surface area (Å²) in [7, 11) is 0. The summed E-state index contributed by atoms with van der Waals surface area (Å²) in [5.74, 6) is 0.517. The first-order valence-corrected chi connectivity index (χ1v) is 6.23. The first-order chi connectivity index (χ1) is 7.66. The van der Waals surface area contributed by atoms with Gasteiger partial charge in [-0.1, -0.05) is 34.8 Å². The van der Waals surface area contributed by atoms with Gasteiger partial charge in [0.05, 0.1) is 21.7 Å². The first kappa shape index (κ1) is 12.3. The number of halogens is 3. The molecular formula is C11H11Cl3O2. The van der Waals surface area contributed by atoms with Crippen LogP contribution in [0.2, 0.25) is 15.1 Å². The average Bonchev–Trinajstić information content (AvgIpc) is 2.27. The highest BCUT2D eigenvalue weighted by atomic mass is 35.5. The average molecular weight is 282 g/mol. The molecule has 0 N–H and O–H groups in total. The molecule has 2 nitrogen and oxygen atoms in total. The third kappa shape index (κ3) is 2.95. The second-order valence-corrected chi connectivity index (χ2v) is 4.83. The van der Waals surface area contributed by atoms with Crippen molar-refractivity contribution in [3.63, 3.8) is 0 Å². The summed E-state index contributed by atoms with van der Waals surface area (Å²) in [6, 6.07) is 3.19. The lowest BCUT2D eigenvalue weighted by Crippen LogP contribution is -2.25. The standard InChI is InChI=1S/C11H11Cl3O2/c12-7-5-9(14)10(6-8(7)13)16-11-3-1-2-4-15-11/h5-6,11H,1-4H2/t11-/m0/s1. The molecular weight excluding hydrogens is 270 g/mol. The van der Waals surface area contributed by atoms with Crippen molar-refractivity contribution in [3.05, 3.63) is 27.2 Å². The Bertz CT molecular complexity index is 376. The fourth-order valence-electron chi connectivity index (χ4n) is 1.54. The number of hydrogen-bond acceptors (Lipinski definition) is 2. The molecule has 1 heterocycles. The molecule has 1 aliphatic rings. The smallest absolute Gasteiger partial charge is 0.199 e. The highest BCUT2D eigenvalue weighted by Gasteiger charge is 2.17. The monoisotopic (exact) mass is 280 g/mol. The molecule has 0 unspecified atom stereocenters. The lowest BCUT2D eigenvalue weighted by molar-refractivity contribution is -0.105. The van der Waals surface area contributed by atoms with E-state index in [-0.39, 0.29) is 6.29 Å². The fourth-order valence-corrected chi connectivity index (χ4v) is 2.12. The van der Waals surface area contributed by atoms with Gasteiger partial charge in [-0.05, 0) is 18.9 Å². The van der Waals surface area contributed by atoms with E-state index in [2.05, 4.69) is 0 Å². The zero-order valence-electron chi connectivity index (χ0n) is 8.51. The molecule has 0 aromatic heterocycles. The van der Waals surface area contributed by atoms with E-state index in [1.807, 2.05) is 0 Å². The predicted octanol–water partition coefficient (Wildman–Crippen LogP) is 4.55. The Morgan fingerprint density at radius 1 is 1.06 bits per heavy atom. The highest BCUT2D eigenvalue weighted by Crippen LogP contribution is 2.35. The van der Waals surface area contributed by atoms with Gasteiger partial charge >= 0.3 is 0 Å². The largest absolute Gasteiger partial charge is 0.463 e. The van der Waals surface area contributed by atoms with E-state index < -0.39 is 0 Å². The van der Waals surface area contributed by atoms with E-state index in [4.69, 9.17) is 44.3 Å². The van der Waals surface area contributed by atoms with Crippen LogP contribution in [0.15, 0.2) is 12.1 Å². The molecule has 88 valence electrons. The summed E-state index contributed by atoms with van der Waals surface area (Å²) in [5, 5.41) is 1.30. The van der Waals surface area contributed by atoms with Crippen molar-refractivity contribution in [1.82, 2.24) is 0 Å². The maximum atomic E-state index is 6.00. The molecule has 0 bridgehead atoms. The van der Waals surface area contributed by atoms with Gasteiger partial charge in [0.25, 0.3) is 0 Å². The SMILES string of the molecule is Clc1cc(Cl)c(O[C@H]2CCCCO2)cc1Cl. The minimum atomic E-state index is -0.233. The van der Waals surface area contributed by atoms with Crippen molar-refractivity contribution < 1.29 is 9.47 Å². The minimum Gasteiger partial charge on any atom is -0.463 e. The number of benzene rings is 1. The van der Waals surface area contributed by atoms with Crippen molar-refractivity contribution in [2.45, 2.75) is 25.6 Å². The van der Waals surface area contributed by atoms with E-state index in [9.17, 15) is 0 Å². The Morgan fingerprint density at radius 3 is 2.50 bits per heavy atom. The molecule has 1 aromatic rings. The van der Waals surface area contributed by atoms with Gasteiger partial charge < -0.3 is 9.47 Å². The van der Waals surface area contributed by atoms with Crippen LogP contribution in [0.3, 0.4) is 0 Å². The molecule has 2 rings (SSSR count). The van der Waals surface area contributed by atoms with Gasteiger partial charge in [-0.2, -0.15) is 0 Å². The first-order valence-electron chi connectivity index (χ1n) is 5.09. The summed E-state index contributed by atoms with van der Waals surface area (Å²) in [6.45, 7) is 0.726. The molecule has 0 radical (unpaired) electrons. The Balaban J connectivity index is 2.11. The molecule has 0 saturated carbocycles. The predicted molar refractivity (Wildman–Crippen MR) is 65.7 cm³/mol. The van der Waals surface area contributed by atoms with E-state index >= 15 is 0 Å². The minimum absolute atomic E-state index is 0.233. The molecule has 1 fully saturated rings. The van der Waals surface area contributed by atoms with Crippen LogP contribution in [0.5, 0.6) is 5.75 Å². The molecule has 5 heteroatoms. The summed E-state index contributed by atoms with van der Waals surface area (Å²) in [4.78, 5) is 0. The molecule has 0 aliphatic carbocycles. The summed E-state index contributed by atoms with van der Waals surface area (Å²) in [5.41, 5.74) is 0. The zero-order chi connectivity index (χ0) is 11.5. The van der Waals surface area contributed by atoms with Crippen LogP contribution >= 0.6 is 34.8 Å². The Morgan fingerprint density at radius 2 is 1.81 bits per heavy atom. The van der Waals surface area contributed by atoms with E-state index in [0.29, 0.717) is 20.8 Å². The van der Waals surface area contributed by atoms with Gasteiger partial charge in [-0.15, -0.1) is 0 Å². The van der Waals surface area contributed by atoms with Gasteiger partial charge in [0.15, 0.2) is 6.29 Å². The molecule has 1 aromatic carbocycles. The Kier molecular flexibility index (Phi) is 4.20. The quantitative estimate of drug-likeness (QED) is 0.740. The van der Waals surface area contributed by atoms with Crippen LogP contribution < -0.4 is 4.74 Å². The van der Waals surface area contributed by atoms with Gasteiger partial charge in [-0.3, -0.25) is 0 Å². The van der Waals surface area contributed by atoms with E-state index in [1.54, 1.807) is 12.1 Å².